The molecule has 0 atom stereocenters. The van der Waals surface area contributed by atoms with Gasteiger partial charge in [-0.15, -0.1) is 0 Å². The predicted molar refractivity (Wildman–Crippen MR) is 87.7 cm³/mol. The van der Waals surface area contributed by atoms with Crippen molar-refractivity contribution in [1.29, 1.82) is 0 Å². The summed E-state index contributed by atoms with van der Waals surface area (Å²) in [6.07, 6.45) is 4.99. The molecule has 0 saturated carbocycles. The molecule has 2 aromatic rings. The van der Waals surface area contributed by atoms with E-state index in [1.807, 2.05) is 6.07 Å². The van der Waals surface area contributed by atoms with Crippen LogP contribution in [0, 0.1) is 0 Å². The van der Waals surface area contributed by atoms with Gasteiger partial charge in [0.25, 0.3) is 5.91 Å². The zero-order chi connectivity index (χ0) is 16.8. The third kappa shape index (κ3) is 4.42. The fraction of sp³-hybridized carbons (Fsp3) is 0.353. The molecule has 0 radical (unpaired) electrons. The van der Waals surface area contributed by atoms with Gasteiger partial charge in [0.2, 0.25) is 5.56 Å². The van der Waals surface area contributed by atoms with Crippen LogP contribution in [0.3, 0.4) is 0 Å². The smallest absolute Gasteiger partial charge is 0.267 e. The summed E-state index contributed by atoms with van der Waals surface area (Å²) in [5.41, 5.74) is 0.979. The number of pyridine rings is 1. The van der Waals surface area contributed by atoms with Crippen LogP contribution in [-0.2, 0) is 13.6 Å². The van der Waals surface area contributed by atoms with Gasteiger partial charge in [-0.3, -0.25) is 14.4 Å². The van der Waals surface area contributed by atoms with E-state index in [2.05, 4.69) is 5.32 Å². The Hall–Kier alpha value is -2.63. The summed E-state index contributed by atoms with van der Waals surface area (Å²) >= 11 is 0. The van der Waals surface area contributed by atoms with E-state index in [0.717, 1.165) is 12.8 Å². The largest absolute Gasteiger partial charge is 0.351 e. The van der Waals surface area contributed by atoms with E-state index in [1.54, 1.807) is 40.7 Å². The molecule has 0 aliphatic heterocycles. The first-order valence-corrected chi connectivity index (χ1v) is 7.60. The molecule has 122 valence electrons. The van der Waals surface area contributed by atoms with Gasteiger partial charge >= 0.3 is 0 Å². The Balaban J connectivity index is 1.78. The highest BCUT2D eigenvalue weighted by Gasteiger charge is 2.13. The highest BCUT2D eigenvalue weighted by molar-refractivity contribution is 5.99. The summed E-state index contributed by atoms with van der Waals surface area (Å²) in [4.78, 5) is 34.9. The zero-order valence-electron chi connectivity index (χ0n) is 13.4. The minimum Gasteiger partial charge on any atom is -0.351 e. The monoisotopic (exact) mass is 315 g/mol. The molecule has 2 rings (SSSR count). The van der Waals surface area contributed by atoms with E-state index in [4.69, 9.17) is 0 Å². The molecular weight excluding hydrogens is 294 g/mol. The van der Waals surface area contributed by atoms with Crippen molar-refractivity contribution in [2.45, 2.75) is 26.3 Å². The Morgan fingerprint density at radius 2 is 2.00 bits per heavy atom. The quantitative estimate of drug-likeness (QED) is 0.623. The first kappa shape index (κ1) is 16.7. The normalized spacial score (nSPS) is 10.5. The molecule has 1 amide bonds. The molecule has 2 aromatic heterocycles. The number of aryl methyl sites for hydroxylation is 2. The number of nitrogens with zero attached hydrogens (tertiary/aromatic N) is 2. The van der Waals surface area contributed by atoms with Gasteiger partial charge in [0.15, 0.2) is 5.78 Å². The average Bonchev–Trinajstić information content (AvgIpc) is 2.91. The third-order valence-corrected chi connectivity index (χ3v) is 3.65. The molecule has 1 N–H and O–H groups in total. The molecule has 0 aromatic carbocycles. The lowest BCUT2D eigenvalue weighted by Crippen LogP contribution is -2.26. The summed E-state index contributed by atoms with van der Waals surface area (Å²) in [7, 11) is 1.74. The number of rotatable bonds is 7. The molecule has 0 fully saturated rings. The lowest BCUT2D eigenvalue weighted by Gasteiger charge is -2.07. The maximum absolute atomic E-state index is 12.1. The number of carbonyl (C=O) groups excluding carboxylic acids is 2. The first-order chi connectivity index (χ1) is 11.0. The van der Waals surface area contributed by atoms with E-state index >= 15 is 0 Å². The topological polar surface area (TPSA) is 73.1 Å². The number of amides is 1. The van der Waals surface area contributed by atoms with Gasteiger partial charge in [-0.1, -0.05) is 6.07 Å². The van der Waals surface area contributed by atoms with E-state index < -0.39 is 0 Å². The summed E-state index contributed by atoms with van der Waals surface area (Å²) in [6, 6.07) is 6.67. The van der Waals surface area contributed by atoms with Crippen molar-refractivity contribution in [2.24, 2.45) is 7.05 Å². The molecule has 0 saturated heterocycles. The maximum Gasteiger partial charge on any atom is 0.267 e. The van der Waals surface area contributed by atoms with Crippen LogP contribution < -0.4 is 10.9 Å². The molecule has 0 bridgehead atoms. The van der Waals surface area contributed by atoms with E-state index in [-0.39, 0.29) is 17.2 Å². The van der Waals surface area contributed by atoms with E-state index in [0.29, 0.717) is 24.3 Å². The molecule has 23 heavy (non-hydrogen) atoms. The molecule has 6 nitrogen and oxygen atoms in total. The van der Waals surface area contributed by atoms with Crippen LogP contribution in [0.15, 0.2) is 41.5 Å². The van der Waals surface area contributed by atoms with Gasteiger partial charge in [-0.05, 0) is 31.9 Å². The van der Waals surface area contributed by atoms with Gasteiger partial charge in [0.1, 0.15) is 5.69 Å². The zero-order valence-corrected chi connectivity index (χ0v) is 13.4. The first-order valence-electron chi connectivity index (χ1n) is 7.60. The molecule has 0 aliphatic carbocycles. The third-order valence-electron chi connectivity index (χ3n) is 3.65. The molecule has 0 aliphatic rings. The fourth-order valence-corrected chi connectivity index (χ4v) is 2.33. The van der Waals surface area contributed by atoms with Gasteiger partial charge in [0.05, 0.1) is 0 Å². The fourth-order valence-electron chi connectivity index (χ4n) is 2.33. The maximum atomic E-state index is 12.1. The lowest BCUT2D eigenvalue weighted by molar-refractivity contribution is 0.0944. The van der Waals surface area contributed by atoms with Gasteiger partial charge in [-0.2, -0.15) is 0 Å². The summed E-state index contributed by atoms with van der Waals surface area (Å²) in [5, 5.41) is 2.83. The Kier molecular flexibility index (Phi) is 5.51. The predicted octanol–water partition coefficient (Wildman–Crippen LogP) is 1.60. The minimum absolute atomic E-state index is 0.0166. The Morgan fingerprint density at radius 1 is 1.22 bits per heavy atom. The van der Waals surface area contributed by atoms with Crippen molar-refractivity contribution in [3.63, 3.8) is 0 Å². The van der Waals surface area contributed by atoms with Crippen molar-refractivity contribution in [1.82, 2.24) is 14.5 Å². The van der Waals surface area contributed by atoms with Crippen LogP contribution in [0.25, 0.3) is 0 Å². The molecule has 6 heteroatoms. The van der Waals surface area contributed by atoms with Gasteiger partial charge in [-0.25, -0.2) is 0 Å². The van der Waals surface area contributed by atoms with E-state index in [9.17, 15) is 14.4 Å². The summed E-state index contributed by atoms with van der Waals surface area (Å²) < 4.78 is 3.30. The number of aromatic nitrogens is 2. The number of unbranched alkanes of at least 4 members (excludes halogenated alkanes) is 1. The van der Waals surface area contributed by atoms with E-state index in [1.165, 1.54) is 13.0 Å². The molecular formula is C17H21N3O3. The van der Waals surface area contributed by atoms with Crippen LogP contribution in [0.1, 0.15) is 40.6 Å². The molecule has 0 spiro atoms. The lowest BCUT2D eigenvalue weighted by atomic mass is 10.2. The Labute approximate surface area is 134 Å². The van der Waals surface area contributed by atoms with Crippen molar-refractivity contribution < 1.29 is 9.59 Å². The Morgan fingerprint density at radius 3 is 2.65 bits per heavy atom. The number of hydrogen-bond donors (Lipinski definition) is 1. The number of nitrogens with one attached hydrogen (secondary N) is 1. The average molecular weight is 315 g/mol. The van der Waals surface area contributed by atoms with Gasteiger partial charge < -0.3 is 14.5 Å². The van der Waals surface area contributed by atoms with Crippen LogP contribution in [0.4, 0.5) is 0 Å². The number of carbonyl (C=O) groups is 2. The van der Waals surface area contributed by atoms with Crippen molar-refractivity contribution in [2.75, 3.05) is 6.54 Å². The number of Topliss-reactive ketones (excluding diaryl/α,β-unsaturated/α-hetero) is 1. The summed E-state index contributed by atoms with van der Waals surface area (Å²) in [5.74, 6) is -0.259. The number of hydrogen-bond acceptors (Lipinski definition) is 3. The highest BCUT2D eigenvalue weighted by Crippen LogP contribution is 2.08. The minimum atomic E-state index is -0.197. The van der Waals surface area contributed by atoms with Crippen molar-refractivity contribution in [3.05, 3.63) is 58.3 Å². The standard InChI is InChI=1S/C17H21N3O3/c1-13(21)14-11-15(19(2)12-14)17(23)18-8-4-6-10-20-9-5-3-7-16(20)22/h3,5,7,9,11-12H,4,6,8,10H2,1-2H3,(H,18,23). The number of ketones is 1. The van der Waals surface area contributed by atoms with Crippen LogP contribution in [-0.4, -0.2) is 27.4 Å². The van der Waals surface area contributed by atoms with Crippen molar-refractivity contribution >= 4 is 11.7 Å². The summed E-state index contributed by atoms with van der Waals surface area (Å²) in [6.45, 7) is 2.64. The second kappa shape index (κ2) is 7.58. The molecule has 2 heterocycles. The van der Waals surface area contributed by atoms with Gasteiger partial charge in [0, 0.05) is 44.2 Å². The molecule has 0 unspecified atom stereocenters. The van der Waals surface area contributed by atoms with Crippen molar-refractivity contribution in [3.8, 4) is 0 Å². The van der Waals surface area contributed by atoms with Crippen LogP contribution >= 0.6 is 0 Å². The Bertz CT molecular complexity index is 758. The second-order valence-corrected chi connectivity index (χ2v) is 5.48. The van der Waals surface area contributed by atoms with Crippen LogP contribution in [0.2, 0.25) is 0 Å². The highest BCUT2D eigenvalue weighted by atomic mass is 16.2. The SMILES string of the molecule is CC(=O)c1cc(C(=O)NCCCCn2ccccc2=O)n(C)c1. The second-order valence-electron chi connectivity index (χ2n) is 5.48. The van der Waals surface area contributed by atoms with Crippen LogP contribution in [0.5, 0.6) is 0 Å².